The Morgan fingerprint density at radius 2 is 0.789 bits per heavy atom. The van der Waals surface area contributed by atoms with Crippen LogP contribution in [0.25, 0.3) is 111 Å². The van der Waals surface area contributed by atoms with Crippen LogP contribution in [0, 0.1) is 0 Å². The molecule has 0 amide bonds. The van der Waals surface area contributed by atoms with Gasteiger partial charge in [-0.15, -0.1) is 0 Å². The van der Waals surface area contributed by atoms with E-state index in [2.05, 4.69) is 121 Å². The molecule has 57 heavy (non-hydrogen) atoms. The van der Waals surface area contributed by atoms with Crippen molar-refractivity contribution in [2.24, 2.45) is 0 Å². The minimum Gasteiger partial charge on any atom is -0.456 e. The van der Waals surface area contributed by atoms with Crippen molar-refractivity contribution in [2.75, 3.05) is 0 Å². The molecule has 0 spiro atoms. The molecule has 266 valence electrons. The molecule has 5 nitrogen and oxygen atoms in total. The second-order valence-corrected chi connectivity index (χ2v) is 14.2. The molecule has 0 aliphatic rings. The van der Waals surface area contributed by atoms with Crippen molar-refractivity contribution >= 4 is 43.6 Å². The van der Waals surface area contributed by atoms with E-state index in [0.29, 0.717) is 17.5 Å². The van der Waals surface area contributed by atoms with Crippen molar-refractivity contribution < 1.29 is 4.42 Å². The number of fused-ring (bicyclic) bond motifs is 6. The molecule has 0 N–H and O–H groups in total. The second kappa shape index (κ2) is 13.5. The van der Waals surface area contributed by atoms with Gasteiger partial charge in [-0.2, -0.15) is 0 Å². The van der Waals surface area contributed by atoms with Crippen molar-refractivity contribution in [2.45, 2.75) is 0 Å². The van der Waals surface area contributed by atoms with Gasteiger partial charge in [0, 0.05) is 54.7 Å². The Kier molecular flexibility index (Phi) is 7.74. The zero-order valence-corrected chi connectivity index (χ0v) is 30.7. The van der Waals surface area contributed by atoms with E-state index in [1.807, 2.05) is 72.8 Å². The van der Waals surface area contributed by atoms with E-state index in [4.69, 9.17) is 24.4 Å². The topological polar surface area (TPSA) is 64.7 Å². The Bertz CT molecular complexity index is 3230. The zero-order chi connectivity index (χ0) is 37.7. The van der Waals surface area contributed by atoms with Crippen LogP contribution in [0.2, 0.25) is 0 Å². The first-order valence-electron chi connectivity index (χ1n) is 19.1. The van der Waals surface area contributed by atoms with Crippen molar-refractivity contribution in [1.29, 1.82) is 0 Å². The minimum absolute atomic E-state index is 0.617. The van der Waals surface area contributed by atoms with Crippen molar-refractivity contribution in [3.8, 4) is 67.7 Å². The molecule has 0 unspecified atom stereocenters. The molecule has 5 heteroatoms. The summed E-state index contributed by atoms with van der Waals surface area (Å²) in [6, 6.07) is 66.8. The molecule has 0 bridgehead atoms. The molecule has 0 atom stereocenters. The van der Waals surface area contributed by atoms with E-state index in [1.54, 1.807) is 0 Å². The third kappa shape index (κ3) is 5.72. The average Bonchev–Trinajstić information content (AvgIpc) is 3.67. The summed E-state index contributed by atoms with van der Waals surface area (Å²) < 4.78 is 6.60. The minimum atomic E-state index is 0.617. The summed E-state index contributed by atoms with van der Waals surface area (Å²) in [5.41, 5.74) is 11.7. The first-order valence-corrected chi connectivity index (χ1v) is 19.1. The average molecular weight is 729 g/mol. The summed E-state index contributed by atoms with van der Waals surface area (Å²) in [7, 11) is 0. The van der Waals surface area contributed by atoms with E-state index in [9.17, 15) is 0 Å². The summed E-state index contributed by atoms with van der Waals surface area (Å²) >= 11 is 0. The van der Waals surface area contributed by atoms with E-state index >= 15 is 0 Å². The highest BCUT2D eigenvalue weighted by Crippen LogP contribution is 2.46. The molecule has 0 aliphatic carbocycles. The smallest absolute Gasteiger partial charge is 0.164 e. The van der Waals surface area contributed by atoms with Crippen LogP contribution in [0.15, 0.2) is 199 Å². The molecular formula is C52H32N4O. The molecule has 0 saturated heterocycles. The number of rotatable bonds is 6. The van der Waals surface area contributed by atoms with Gasteiger partial charge in [0.25, 0.3) is 0 Å². The van der Waals surface area contributed by atoms with Crippen LogP contribution in [-0.2, 0) is 0 Å². The molecule has 0 saturated carbocycles. The number of furan rings is 1. The standard InChI is InChI=1S/C52H32N4O/c1-4-16-33(17-5-1)46-47-40-26-10-12-28-43(40)53-49(42(47)32-45-48(46)41-27-11-13-29-44(41)57-45)38-24-14-22-36(30-38)37-23-15-25-39(31-37)52-55-50(34-18-6-2-7-19-34)54-51(56-52)35-20-8-3-9-21-35/h1-32H. The Morgan fingerprint density at radius 1 is 0.298 bits per heavy atom. The molecule has 3 heterocycles. The Morgan fingerprint density at radius 3 is 1.46 bits per heavy atom. The van der Waals surface area contributed by atoms with Gasteiger partial charge in [-0.1, -0.05) is 164 Å². The molecular weight excluding hydrogens is 697 g/mol. The van der Waals surface area contributed by atoms with E-state index in [0.717, 1.165) is 93.8 Å². The SMILES string of the molecule is c1ccc(-c2nc(-c3ccccc3)nc(-c3cccc(-c4cccc(-c5nc6ccccc6c6c(-c7ccccc7)c7c(cc56)oc5ccccc57)c4)c3)n2)cc1. The zero-order valence-electron chi connectivity index (χ0n) is 30.7. The monoisotopic (exact) mass is 728 g/mol. The predicted molar refractivity (Wildman–Crippen MR) is 233 cm³/mol. The van der Waals surface area contributed by atoms with Crippen LogP contribution < -0.4 is 0 Å². The third-order valence-corrected chi connectivity index (χ3v) is 10.7. The number of pyridine rings is 1. The first kappa shape index (κ1) is 32.7. The maximum atomic E-state index is 6.60. The van der Waals surface area contributed by atoms with Gasteiger partial charge in [0.05, 0.1) is 11.2 Å². The number of nitrogens with zero attached hydrogens (tertiary/aromatic N) is 4. The van der Waals surface area contributed by atoms with Gasteiger partial charge >= 0.3 is 0 Å². The Labute approximate surface area is 328 Å². The predicted octanol–water partition coefficient (Wildman–Crippen LogP) is 13.5. The lowest BCUT2D eigenvalue weighted by atomic mass is 9.89. The fourth-order valence-corrected chi connectivity index (χ4v) is 8.05. The lowest BCUT2D eigenvalue weighted by molar-refractivity contribution is 0.669. The molecule has 8 aromatic carbocycles. The van der Waals surface area contributed by atoms with Crippen molar-refractivity contribution in [3.05, 3.63) is 194 Å². The van der Waals surface area contributed by atoms with Gasteiger partial charge in [-0.05, 0) is 47.0 Å². The summed E-state index contributed by atoms with van der Waals surface area (Å²) in [4.78, 5) is 20.3. The van der Waals surface area contributed by atoms with Gasteiger partial charge in [-0.25, -0.2) is 19.9 Å². The first-order chi connectivity index (χ1) is 28.2. The van der Waals surface area contributed by atoms with E-state index in [1.165, 1.54) is 0 Å². The van der Waals surface area contributed by atoms with Crippen LogP contribution in [0.4, 0.5) is 0 Å². The maximum Gasteiger partial charge on any atom is 0.164 e. The van der Waals surface area contributed by atoms with E-state index < -0.39 is 0 Å². The lowest BCUT2D eigenvalue weighted by Gasteiger charge is -2.16. The Balaban J connectivity index is 1.10. The third-order valence-electron chi connectivity index (χ3n) is 10.7. The molecule has 11 rings (SSSR count). The highest BCUT2D eigenvalue weighted by Gasteiger charge is 2.22. The van der Waals surface area contributed by atoms with Crippen LogP contribution in [0.1, 0.15) is 0 Å². The fraction of sp³-hybridized carbons (Fsp3) is 0. The maximum absolute atomic E-state index is 6.60. The molecule has 3 aromatic heterocycles. The normalized spacial score (nSPS) is 11.5. The van der Waals surface area contributed by atoms with Gasteiger partial charge in [-0.3, -0.25) is 0 Å². The Hall–Kier alpha value is -7.76. The number of hydrogen-bond donors (Lipinski definition) is 0. The lowest BCUT2D eigenvalue weighted by Crippen LogP contribution is -2.00. The van der Waals surface area contributed by atoms with Gasteiger partial charge < -0.3 is 4.42 Å². The summed E-state index contributed by atoms with van der Waals surface area (Å²) in [5, 5.41) is 5.51. The van der Waals surface area contributed by atoms with E-state index in [-0.39, 0.29) is 0 Å². The summed E-state index contributed by atoms with van der Waals surface area (Å²) in [6.07, 6.45) is 0. The quantitative estimate of drug-likeness (QED) is 0.160. The summed E-state index contributed by atoms with van der Waals surface area (Å²) in [5.74, 6) is 1.88. The van der Waals surface area contributed by atoms with Crippen LogP contribution >= 0.6 is 0 Å². The van der Waals surface area contributed by atoms with Crippen LogP contribution in [0.3, 0.4) is 0 Å². The number of hydrogen-bond acceptors (Lipinski definition) is 5. The second-order valence-electron chi connectivity index (χ2n) is 14.2. The number of para-hydroxylation sites is 2. The van der Waals surface area contributed by atoms with Gasteiger partial charge in [0.2, 0.25) is 0 Å². The highest BCUT2D eigenvalue weighted by molar-refractivity contribution is 6.27. The van der Waals surface area contributed by atoms with Crippen LogP contribution in [-0.4, -0.2) is 19.9 Å². The van der Waals surface area contributed by atoms with Crippen LogP contribution in [0.5, 0.6) is 0 Å². The number of benzene rings is 8. The van der Waals surface area contributed by atoms with Gasteiger partial charge in [0.15, 0.2) is 17.5 Å². The molecule has 0 radical (unpaired) electrons. The molecule has 11 aromatic rings. The van der Waals surface area contributed by atoms with Crippen molar-refractivity contribution in [1.82, 2.24) is 19.9 Å². The van der Waals surface area contributed by atoms with Crippen molar-refractivity contribution in [3.63, 3.8) is 0 Å². The number of aromatic nitrogens is 4. The molecule has 0 fully saturated rings. The highest BCUT2D eigenvalue weighted by atomic mass is 16.3. The summed E-state index contributed by atoms with van der Waals surface area (Å²) in [6.45, 7) is 0. The van der Waals surface area contributed by atoms with Gasteiger partial charge in [0.1, 0.15) is 11.2 Å². The largest absolute Gasteiger partial charge is 0.456 e. The fourth-order valence-electron chi connectivity index (χ4n) is 8.05. The molecule has 0 aliphatic heterocycles.